The molecule has 0 aliphatic rings. The van der Waals surface area contributed by atoms with Crippen molar-refractivity contribution in [3.05, 3.63) is 89.4 Å². The van der Waals surface area contributed by atoms with Crippen molar-refractivity contribution in [2.24, 2.45) is 0 Å². The van der Waals surface area contributed by atoms with Gasteiger partial charge in [0.15, 0.2) is 0 Å². The molecule has 2 aromatic carbocycles. The van der Waals surface area contributed by atoms with Crippen LogP contribution in [-0.4, -0.2) is 28.8 Å². The number of methoxy groups -OCH3 is 1. The second-order valence-electron chi connectivity index (χ2n) is 6.78. The van der Waals surface area contributed by atoms with Gasteiger partial charge in [0.25, 0.3) is 0 Å². The average Bonchev–Trinajstić information content (AvgIpc) is 3.39. The summed E-state index contributed by atoms with van der Waals surface area (Å²) in [6.45, 7) is 1.69. The standard InChI is InChI=1S/C23H23N3OS/c1-25(15-18-10-12-21(27-2)13-11-18)16-19-17-26(20-7-4-3-5-8-20)24-23(19)22-9-6-14-28-22/h3-14,17H,15-16H2,1-2H3. The van der Waals surface area contributed by atoms with Crippen molar-refractivity contribution in [2.75, 3.05) is 14.2 Å². The van der Waals surface area contributed by atoms with E-state index in [2.05, 4.69) is 59.9 Å². The Morgan fingerprint density at radius 3 is 2.43 bits per heavy atom. The zero-order chi connectivity index (χ0) is 19.3. The van der Waals surface area contributed by atoms with Gasteiger partial charge in [0, 0.05) is 24.8 Å². The van der Waals surface area contributed by atoms with Crippen LogP contribution < -0.4 is 4.74 Å². The van der Waals surface area contributed by atoms with Gasteiger partial charge in [-0.25, -0.2) is 4.68 Å². The molecule has 0 saturated carbocycles. The van der Waals surface area contributed by atoms with Crippen molar-refractivity contribution in [3.8, 4) is 22.0 Å². The SMILES string of the molecule is COc1ccc(CN(C)Cc2cn(-c3ccccc3)nc2-c2cccs2)cc1. The molecule has 0 amide bonds. The van der Waals surface area contributed by atoms with Crippen LogP contribution in [-0.2, 0) is 13.1 Å². The Kier molecular flexibility index (Phi) is 5.55. The molecule has 0 aliphatic heterocycles. The van der Waals surface area contributed by atoms with Gasteiger partial charge in [-0.2, -0.15) is 5.10 Å². The van der Waals surface area contributed by atoms with Crippen LogP contribution in [0.15, 0.2) is 78.3 Å². The highest BCUT2D eigenvalue weighted by molar-refractivity contribution is 7.13. The van der Waals surface area contributed by atoms with Crippen molar-refractivity contribution in [3.63, 3.8) is 0 Å². The zero-order valence-corrected chi connectivity index (χ0v) is 16.9. The van der Waals surface area contributed by atoms with E-state index in [9.17, 15) is 0 Å². The van der Waals surface area contributed by atoms with Crippen LogP contribution in [0, 0.1) is 0 Å². The maximum Gasteiger partial charge on any atom is 0.118 e. The molecule has 0 saturated heterocycles. The van der Waals surface area contributed by atoms with Gasteiger partial charge >= 0.3 is 0 Å². The Bertz CT molecular complexity index is 1010. The molecule has 0 bridgehead atoms. The number of aromatic nitrogens is 2. The molecule has 0 unspecified atom stereocenters. The molecule has 0 fully saturated rings. The summed E-state index contributed by atoms with van der Waals surface area (Å²) in [5.74, 6) is 0.885. The predicted octanol–water partition coefficient (Wildman–Crippen LogP) is 5.24. The lowest BCUT2D eigenvalue weighted by atomic mass is 10.1. The molecule has 4 rings (SSSR count). The van der Waals surface area contributed by atoms with E-state index in [1.165, 1.54) is 16.0 Å². The van der Waals surface area contributed by atoms with Crippen molar-refractivity contribution >= 4 is 11.3 Å². The summed E-state index contributed by atoms with van der Waals surface area (Å²) < 4.78 is 7.23. The lowest BCUT2D eigenvalue weighted by Gasteiger charge is -2.16. The monoisotopic (exact) mass is 389 g/mol. The van der Waals surface area contributed by atoms with Gasteiger partial charge < -0.3 is 4.74 Å². The molecule has 4 nitrogen and oxygen atoms in total. The topological polar surface area (TPSA) is 30.3 Å². The summed E-state index contributed by atoms with van der Waals surface area (Å²) in [6, 6.07) is 22.7. The van der Waals surface area contributed by atoms with Crippen molar-refractivity contribution < 1.29 is 4.74 Å². The van der Waals surface area contributed by atoms with Crippen LogP contribution in [0.4, 0.5) is 0 Å². The molecule has 28 heavy (non-hydrogen) atoms. The fraction of sp³-hybridized carbons (Fsp3) is 0.174. The van der Waals surface area contributed by atoms with Crippen LogP contribution in [0.3, 0.4) is 0 Å². The van der Waals surface area contributed by atoms with Crippen LogP contribution in [0.2, 0.25) is 0 Å². The van der Waals surface area contributed by atoms with Crippen LogP contribution >= 0.6 is 11.3 Å². The second kappa shape index (κ2) is 8.42. The lowest BCUT2D eigenvalue weighted by molar-refractivity contribution is 0.319. The summed E-state index contributed by atoms with van der Waals surface area (Å²) in [4.78, 5) is 3.51. The molecular formula is C23H23N3OS. The molecule has 0 radical (unpaired) electrons. The summed E-state index contributed by atoms with van der Waals surface area (Å²) in [7, 11) is 3.83. The van der Waals surface area contributed by atoms with Crippen LogP contribution in [0.25, 0.3) is 16.3 Å². The molecule has 0 atom stereocenters. The third kappa shape index (κ3) is 4.16. The van der Waals surface area contributed by atoms with E-state index < -0.39 is 0 Å². The van der Waals surface area contributed by atoms with Crippen LogP contribution in [0.5, 0.6) is 5.75 Å². The van der Waals surface area contributed by atoms with Crippen molar-refractivity contribution in [1.82, 2.24) is 14.7 Å². The first-order chi connectivity index (χ1) is 13.7. The number of nitrogens with zero attached hydrogens (tertiary/aromatic N) is 3. The number of rotatable bonds is 7. The second-order valence-corrected chi connectivity index (χ2v) is 7.73. The van der Waals surface area contributed by atoms with Gasteiger partial charge in [-0.3, -0.25) is 4.90 Å². The fourth-order valence-corrected chi connectivity index (χ4v) is 3.99. The number of para-hydroxylation sites is 1. The Balaban J connectivity index is 1.57. The summed E-state index contributed by atoms with van der Waals surface area (Å²) >= 11 is 1.73. The third-order valence-corrected chi connectivity index (χ3v) is 5.49. The maximum atomic E-state index is 5.25. The highest BCUT2D eigenvalue weighted by Crippen LogP contribution is 2.28. The van der Waals surface area contributed by atoms with E-state index in [-0.39, 0.29) is 0 Å². The van der Waals surface area contributed by atoms with E-state index in [1.54, 1.807) is 18.4 Å². The summed E-state index contributed by atoms with van der Waals surface area (Å²) in [5.41, 5.74) is 4.61. The average molecular weight is 390 g/mol. The van der Waals surface area contributed by atoms with Crippen LogP contribution in [0.1, 0.15) is 11.1 Å². The third-order valence-electron chi connectivity index (χ3n) is 4.62. The molecule has 0 aliphatic carbocycles. The van der Waals surface area contributed by atoms with E-state index in [4.69, 9.17) is 9.84 Å². The number of hydrogen-bond donors (Lipinski definition) is 0. The van der Waals surface area contributed by atoms with Gasteiger partial charge in [0.2, 0.25) is 0 Å². The van der Waals surface area contributed by atoms with Gasteiger partial charge in [-0.15, -0.1) is 11.3 Å². The number of benzene rings is 2. The minimum atomic E-state index is 0.825. The Morgan fingerprint density at radius 2 is 1.75 bits per heavy atom. The Hall–Kier alpha value is -2.89. The van der Waals surface area contributed by atoms with E-state index >= 15 is 0 Å². The molecule has 5 heteroatoms. The number of ether oxygens (including phenoxy) is 1. The largest absolute Gasteiger partial charge is 0.497 e. The number of thiophene rings is 1. The smallest absolute Gasteiger partial charge is 0.118 e. The molecule has 4 aromatic rings. The molecular weight excluding hydrogens is 366 g/mol. The minimum absolute atomic E-state index is 0.825. The quantitative estimate of drug-likeness (QED) is 0.433. The van der Waals surface area contributed by atoms with Gasteiger partial charge in [0.1, 0.15) is 11.4 Å². The van der Waals surface area contributed by atoms with Gasteiger partial charge in [-0.1, -0.05) is 36.4 Å². The predicted molar refractivity (Wildman–Crippen MR) is 115 cm³/mol. The van der Waals surface area contributed by atoms with E-state index in [0.29, 0.717) is 0 Å². The maximum absolute atomic E-state index is 5.25. The van der Waals surface area contributed by atoms with E-state index in [1.807, 2.05) is 35.0 Å². The first-order valence-corrected chi connectivity index (χ1v) is 10.1. The molecule has 2 heterocycles. The minimum Gasteiger partial charge on any atom is -0.497 e. The molecule has 0 N–H and O–H groups in total. The van der Waals surface area contributed by atoms with Crippen molar-refractivity contribution in [1.29, 1.82) is 0 Å². The molecule has 142 valence electrons. The fourth-order valence-electron chi connectivity index (χ4n) is 3.25. The zero-order valence-electron chi connectivity index (χ0n) is 16.1. The van der Waals surface area contributed by atoms with Gasteiger partial charge in [0.05, 0.1) is 17.7 Å². The normalized spacial score (nSPS) is 11.1. The lowest BCUT2D eigenvalue weighted by Crippen LogP contribution is -2.17. The van der Waals surface area contributed by atoms with Crippen molar-refractivity contribution in [2.45, 2.75) is 13.1 Å². The van der Waals surface area contributed by atoms with E-state index in [0.717, 1.165) is 30.2 Å². The highest BCUT2D eigenvalue weighted by Gasteiger charge is 2.15. The molecule has 0 spiro atoms. The van der Waals surface area contributed by atoms with Gasteiger partial charge in [-0.05, 0) is 48.3 Å². The Morgan fingerprint density at radius 1 is 0.964 bits per heavy atom. The molecule has 2 aromatic heterocycles. The highest BCUT2D eigenvalue weighted by atomic mass is 32.1. The summed E-state index contributed by atoms with van der Waals surface area (Å²) in [5, 5.41) is 6.99. The Labute approximate surface area is 169 Å². The number of hydrogen-bond acceptors (Lipinski definition) is 4. The first kappa shape index (κ1) is 18.5. The summed E-state index contributed by atoms with van der Waals surface area (Å²) in [6.07, 6.45) is 2.15. The first-order valence-electron chi connectivity index (χ1n) is 9.22.